The highest BCUT2D eigenvalue weighted by atomic mass is 16.5. The number of likely N-dealkylation sites (tertiary alicyclic amines) is 1. The van der Waals surface area contributed by atoms with Gasteiger partial charge in [-0.05, 0) is 31.4 Å². The standard InChI is InChI=1S/C18H24N2O3/c1-23-13-8-16(21)19-11-5-9-18(14-19)10-12-20(17(18)22)15-6-3-2-4-7-15/h2-4,6-7H,5,8-14H2,1H3/t18-/m1/s1. The molecule has 2 fully saturated rings. The van der Waals surface area contributed by atoms with Crippen LogP contribution in [0.4, 0.5) is 5.69 Å². The van der Waals surface area contributed by atoms with Crippen LogP contribution in [-0.2, 0) is 14.3 Å². The van der Waals surface area contributed by atoms with Crippen LogP contribution in [0.2, 0.25) is 0 Å². The third kappa shape index (κ3) is 3.11. The van der Waals surface area contributed by atoms with Crippen molar-refractivity contribution in [3.05, 3.63) is 30.3 Å². The second kappa shape index (κ2) is 6.71. The Balaban J connectivity index is 1.72. The molecule has 0 radical (unpaired) electrons. The molecule has 0 N–H and O–H groups in total. The topological polar surface area (TPSA) is 49.9 Å². The van der Waals surface area contributed by atoms with Crippen molar-refractivity contribution in [3.63, 3.8) is 0 Å². The molecule has 2 aliphatic heterocycles. The summed E-state index contributed by atoms with van der Waals surface area (Å²) in [4.78, 5) is 29.0. The molecule has 5 nitrogen and oxygen atoms in total. The number of carbonyl (C=O) groups is 2. The molecule has 5 heteroatoms. The second-order valence-corrected chi connectivity index (χ2v) is 6.48. The van der Waals surface area contributed by atoms with Crippen molar-refractivity contribution >= 4 is 17.5 Å². The SMILES string of the molecule is COCCC(=O)N1CCC[C@@]2(CCN(c3ccccc3)C2=O)C1. The summed E-state index contributed by atoms with van der Waals surface area (Å²) < 4.78 is 4.99. The Morgan fingerprint density at radius 2 is 2.00 bits per heavy atom. The number of carbonyl (C=O) groups excluding carboxylic acids is 2. The minimum Gasteiger partial charge on any atom is -0.384 e. The highest BCUT2D eigenvalue weighted by Gasteiger charge is 2.49. The van der Waals surface area contributed by atoms with Gasteiger partial charge in [0, 0.05) is 32.4 Å². The Labute approximate surface area is 137 Å². The molecule has 3 rings (SSSR count). The molecule has 23 heavy (non-hydrogen) atoms. The first-order chi connectivity index (χ1) is 11.2. The molecular formula is C18H24N2O3. The maximum Gasteiger partial charge on any atom is 0.235 e. The lowest BCUT2D eigenvalue weighted by Crippen LogP contribution is -2.50. The van der Waals surface area contributed by atoms with E-state index in [1.54, 1.807) is 7.11 Å². The molecule has 2 saturated heterocycles. The Hall–Kier alpha value is -1.88. The van der Waals surface area contributed by atoms with Crippen molar-refractivity contribution in [3.8, 4) is 0 Å². The Bertz CT molecular complexity index is 575. The molecular weight excluding hydrogens is 292 g/mol. The van der Waals surface area contributed by atoms with Gasteiger partial charge in [0.25, 0.3) is 0 Å². The lowest BCUT2D eigenvalue weighted by molar-refractivity contribution is -0.139. The third-order valence-electron chi connectivity index (χ3n) is 5.03. The van der Waals surface area contributed by atoms with Crippen molar-refractivity contribution in [2.75, 3.05) is 38.3 Å². The van der Waals surface area contributed by atoms with Crippen LogP contribution in [0, 0.1) is 5.41 Å². The molecule has 1 aromatic carbocycles. The average molecular weight is 316 g/mol. The number of para-hydroxylation sites is 1. The molecule has 124 valence electrons. The fourth-order valence-corrected chi connectivity index (χ4v) is 3.75. The summed E-state index contributed by atoms with van der Waals surface area (Å²) in [5, 5.41) is 0. The molecule has 2 amide bonds. The van der Waals surface area contributed by atoms with Gasteiger partial charge in [-0.1, -0.05) is 18.2 Å². The molecule has 1 atom stereocenters. The van der Waals surface area contributed by atoms with Crippen LogP contribution in [0.5, 0.6) is 0 Å². The summed E-state index contributed by atoms with van der Waals surface area (Å²) in [5.41, 5.74) is 0.564. The highest BCUT2D eigenvalue weighted by Crippen LogP contribution is 2.41. The van der Waals surface area contributed by atoms with Gasteiger partial charge >= 0.3 is 0 Å². The monoisotopic (exact) mass is 316 g/mol. The average Bonchev–Trinajstić information content (AvgIpc) is 2.90. The number of nitrogens with zero attached hydrogens (tertiary/aromatic N) is 2. The zero-order valence-electron chi connectivity index (χ0n) is 13.7. The summed E-state index contributed by atoms with van der Waals surface area (Å²) in [6.45, 7) is 2.48. The molecule has 2 aliphatic rings. The maximum atomic E-state index is 13.0. The number of hydrogen-bond donors (Lipinski definition) is 0. The number of rotatable bonds is 4. The smallest absolute Gasteiger partial charge is 0.235 e. The number of benzene rings is 1. The molecule has 0 aliphatic carbocycles. The molecule has 0 unspecified atom stereocenters. The largest absolute Gasteiger partial charge is 0.384 e. The minimum absolute atomic E-state index is 0.0943. The fraction of sp³-hybridized carbons (Fsp3) is 0.556. The van der Waals surface area contributed by atoms with Gasteiger partial charge in [0.1, 0.15) is 0 Å². The maximum absolute atomic E-state index is 13.0. The number of methoxy groups -OCH3 is 1. The Morgan fingerprint density at radius 3 is 2.74 bits per heavy atom. The molecule has 1 aromatic rings. The van der Waals surface area contributed by atoms with Gasteiger partial charge in [-0.15, -0.1) is 0 Å². The number of ether oxygens (including phenoxy) is 1. The predicted octanol–water partition coefficient (Wildman–Crippen LogP) is 2.07. The van der Waals surface area contributed by atoms with Crippen LogP contribution in [-0.4, -0.2) is 50.1 Å². The van der Waals surface area contributed by atoms with Crippen LogP contribution >= 0.6 is 0 Å². The summed E-state index contributed by atoms with van der Waals surface area (Å²) in [5.74, 6) is 0.268. The van der Waals surface area contributed by atoms with E-state index in [1.807, 2.05) is 40.1 Å². The van der Waals surface area contributed by atoms with Crippen molar-refractivity contribution < 1.29 is 14.3 Å². The van der Waals surface area contributed by atoms with E-state index >= 15 is 0 Å². The van der Waals surface area contributed by atoms with Gasteiger partial charge in [-0.2, -0.15) is 0 Å². The van der Waals surface area contributed by atoms with E-state index in [0.717, 1.165) is 38.0 Å². The summed E-state index contributed by atoms with van der Waals surface area (Å²) in [7, 11) is 1.60. The van der Waals surface area contributed by atoms with Crippen LogP contribution in [0.3, 0.4) is 0 Å². The van der Waals surface area contributed by atoms with Crippen molar-refractivity contribution in [1.29, 1.82) is 0 Å². The van der Waals surface area contributed by atoms with Gasteiger partial charge < -0.3 is 14.5 Å². The van der Waals surface area contributed by atoms with E-state index in [-0.39, 0.29) is 11.8 Å². The highest BCUT2D eigenvalue weighted by molar-refractivity contribution is 6.00. The molecule has 0 aromatic heterocycles. The first-order valence-corrected chi connectivity index (χ1v) is 8.30. The molecule has 2 heterocycles. The molecule has 0 saturated carbocycles. The summed E-state index contributed by atoms with van der Waals surface area (Å²) in [6.07, 6.45) is 2.99. The van der Waals surface area contributed by atoms with E-state index in [4.69, 9.17) is 4.74 Å². The van der Waals surface area contributed by atoms with Gasteiger partial charge in [0.05, 0.1) is 18.4 Å². The number of amides is 2. The zero-order valence-corrected chi connectivity index (χ0v) is 13.7. The number of piperidine rings is 1. The second-order valence-electron chi connectivity index (χ2n) is 6.48. The minimum atomic E-state index is -0.392. The Morgan fingerprint density at radius 1 is 1.22 bits per heavy atom. The summed E-state index contributed by atoms with van der Waals surface area (Å²) >= 11 is 0. The normalized spacial score (nSPS) is 24.5. The van der Waals surface area contributed by atoms with E-state index in [1.165, 1.54) is 0 Å². The fourth-order valence-electron chi connectivity index (χ4n) is 3.75. The molecule has 1 spiro atoms. The number of anilines is 1. The van der Waals surface area contributed by atoms with E-state index in [2.05, 4.69) is 0 Å². The van der Waals surface area contributed by atoms with Crippen molar-refractivity contribution in [2.24, 2.45) is 5.41 Å². The predicted molar refractivity (Wildman–Crippen MR) is 88.2 cm³/mol. The number of hydrogen-bond acceptors (Lipinski definition) is 3. The van der Waals surface area contributed by atoms with Crippen LogP contribution < -0.4 is 4.90 Å². The van der Waals surface area contributed by atoms with Crippen molar-refractivity contribution in [2.45, 2.75) is 25.7 Å². The Kier molecular flexibility index (Phi) is 4.66. The van der Waals surface area contributed by atoms with Gasteiger partial charge in [-0.3, -0.25) is 9.59 Å². The van der Waals surface area contributed by atoms with Gasteiger partial charge in [-0.25, -0.2) is 0 Å². The summed E-state index contributed by atoms with van der Waals surface area (Å²) in [6, 6.07) is 9.81. The van der Waals surface area contributed by atoms with Gasteiger partial charge in [0.2, 0.25) is 11.8 Å². The van der Waals surface area contributed by atoms with E-state index in [0.29, 0.717) is 19.6 Å². The quantitative estimate of drug-likeness (QED) is 0.854. The zero-order chi connectivity index (χ0) is 16.3. The third-order valence-corrected chi connectivity index (χ3v) is 5.03. The lowest BCUT2D eigenvalue weighted by Gasteiger charge is -2.39. The lowest BCUT2D eigenvalue weighted by atomic mass is 9.78. The molecule has 0 bridgehead atoms. The van der Waals surface area contributed by atoms with Gasteiger partial charge in [0.15, 0.2) is 0 Å². The van der Waals surface area contributed by atoms with E-state index in [9.17, 15) is 9.59 Å². The van der Waals surface area contributed by atoms with E-state index < -0.39 is 5.41 Å². The van der Waals surface area contributed by atoms with Crippen LogP contribution in [0.25, 0.3) is 0 Å². The first kappa shape index (κ1) is 16.0. The van der Waals surface area contributed by atoms with Crippen molar-refractivity contribution in [1.82, 2.24) is 4.90 Å². The first-order valence-electron chi connectivity index (χ1n) is 8.30. The van der Waals surface area contributed by atoms with Crippen LogP contribution in [0.15, 0.2) is 30.3 Å². The van der Waals surface area contributed by atoms with Crippen LogP contribution in [0.1, 0.15) is 25.7 Å².